The molecule has 2 nitrogen and oxygen atoms in total. The minimum Gasteiger partial charge on any atom is -0.385 e. The highest BCUT2D eigenvalue weighted by Crippen LogP contribution is 2.34. The second-order valence-corrected chi connectivity index (χ2v) is 3.75. The van der Waals surface area contributed by atoms with Gasteiger partial charge in [-0.1, -0.05) is 6.07 Å². The highest BCUT2D eigenvalue weighted by molar-refractivity contribution is 5.99. The number of Topliss-reactive ketones (excluding diaryl/α,β-unsaturated/α-hetero) is 1. The molecule has 0 saturated heterocycles. The fraction of sp³-hybridized carbons (Fsp3) is 0.364. The van der Waals surface area contributed by atoms with E-state index in [1.807, 2.05) is 0 Å². The maximum Gasteiger partial charge on any atom is 0.194 e. The topological polar surface area (TPSA) is 37.3 Å². The van der Waals surface area contributed by atoms with Crippen molar-refractivity contribution in [2.45, 2.75) is 18.9 Å². The number of carbonyl (C=O) groups excluding carboxylic acids is 1. The molecule has 1 aromatic carbocycles. The van der Waals surface area contributed by atoms with Gasteiger partial charge >= 0.3 is 0 Å². The van der Waals surface area contributed by atoms with E-state index in [1.165, 1.54) is 12.1 Å². The van der Waals surface area contributed by atoms with Crippen LogP contribution in [0.1, 0.15) is 23.2 Å². The van der Waals surface area contributed by atoms with Crippen molar-refractivity contribution in [2.24, 2.45) is 5.92 Å². The molecule has 0 heterocycles. The third kappa shape index (κ3) is 1.90. The molecule has 2 rings (SSSR count). The van der Waals surface area contributed by atoms with Crippen molar-refractivity contribution in [3.05, 3.63) is 35.4 Å². The Balaban J connectivity index is 2.28. The summed E-state index contributed by atoms with van der Waals surface area (Å²) in [6.07, 6.45) is 0.342. The van der Waals surface area contributed by atoms with Crippen molar-refractivity contribution < 1.29 is 18.7 Å². The lowest BCUT2D eigenvalue weighted by atomic mass is 10.0. The van der Waals surface area contributed by atoms with Crippen molar-refractivity contribution in [1.82, 2.24) is 0 Å². The Bertz CT molecular complexity index is 400. The van der Waals surface area contributed by atoms with Crippen LogP contribution in [0.5, 0.6) is 0 Å². The third-order valence-corrected chi connectivity index (χ3v) is 2.55. The number of halogens is 2. The van der Waals surface area contributed by atoms with Gasteiger partial charge in [0, 0.05) is 0 Å². The van der Waals surface area contributed by atoms with Crippen LogP contribution in [-0.4, -0.2) is 17.0 Å². The Morgan fingerprint density at radius 3 is 2.67 bits per heavy atom. The van der Waals surface area contributed by atoms with Crippen LogP contribution < -0.4 is 0 Å². The number of hydrogen-bond acceptors (Lipinski definition) is 2. The molecule has 0 spiro atoms. The SMILES string of the molecule is O=C(c1cccc(F)c1F)C(O)C1CC1. The van der Waals surface area contributed by atoms with Crippen molar-refractivity contribution in [1.29, 1.82) is 0 Å². The summed E-state index contributed by atoms with van der Waals surface area (Å²) in [7, 11) is 0. The van der Waals surface area contributed by atoms with Crippen molar-refractivity contribution >= 4 is 5.78 Å². The largest absolute Gasteiger partial charge is 0.385 e. The van der Waals surface area contributed by atoms with Gasteiger partial charge in [0.1, 0.15) is 6.10 Å². The van der Waals surface area contributed by atoms with Crippen LogP contribution in [0.2, 0.25) is 0 Å². The van der Waals surface area contributed by atoms with Gasteiger partial charge in [0.2, 0.25) is 0 Å². The first-order chi connectivity index (χ1) is 7.11. The van der Waals surface area contributed by atoms with E-state index < -0.39 is 23.5 Å². The van der Waals surface area contributed by atoms with E-state index in [1.54, 1.807) is 0 Å². The summed E-state index contributed by atoms with van der Waals surface area (Å²) >= 11 is 0. The molecule has 80 valence electrons. The number of carbonyl (C=O) groups is 1. The molecule has 0 aromatic heterocycles. The smallest absolute Gasteiger partial charge is 0.194 e. The highest BCUT2D eigenvalue weighted by Gasteiger charge is 2.36. The summed E-state index contributed by atoms with van der Waals surface area (Å²) in [5, 5.41) is 9.49. The van der Waals surface area contributed by atoms with Gasteiger partial charge < -0.3 is 5.11 Å². The molecule has 1 unspecified atom stereocenters. The number of benzene rings is 1. The lowest BCUT2D eigenvalue weighted by Gasteiger charge is -2.08. The quantitative estimate of drug-likeness (QED) is 0.777. The molecule has 0 radical (unpaired) electrons. The zero-order valence-electron chi connectivity index (χ0n) is 7.91. The Labute approximate surface area is 85.5 Å². The van der Waals surface area contributed by atoms with Gasteiger partial charge in [0.15, 0.2) is 17.4 Å². The van der Waals surface area contributed by atoms with Crippen LogP contribution in [0, 0.1) is 17.6 Å². The zero-order valence-corrected chi connectivity index (χ0v) is 7.91. The Kier molecular flexibility index (Phi) is 2.52. The minimum atomic E-state index is -1.19. The number of rotatable bonds is 3. The summed E-state index contributed by atoms with van der Waals surface area (Å²) in [4.78, 5) is 11.5. The summed E-state index contributed by atoms with van der Waals surface area (Å²) in [5.74, 6) is -3.05. The summed E-state index contributed by atoms with van der Waals surface area (Å²) in [6.45, 7) is 0. The second kappa shape index (κ2) is 3.70. The molecular weight excluding hydrogens is 202 g/mol. The predicted octanol–water partition coefficient (Wildman–Crippen LogP) is 1.92. The maximum absolute atomic E-state index is 13.2. The Hall–Kier alpha value is -1.29. The molecule has 1 saturated carbocycles. The van der Waals surface area contributed by atoms with E-state index in [4.69, 9.17) is 0 Å². The fourth-order valence-corrected chi connectivity index (χ4v) is 1.48. The molecule has 0 aliphatic heterocycles. The van der Waals surface area contributed by atoms with E-state index in [0.29, 0.717) is 0 Å². The first-order valence-corrected chi connectivity index (χ1v) is 4.77. The molecule has 15 heavy (non-hydrogen) atoms. The van der Waals surface area contributed by atoms with Crippen LogP contribution in [0.15, 0.2) is 18.2 Å². The number of hydrogen-bond donors (Lipinski definition) is 1. The van der Waals surface area contributed by atoms with Crippen molar-refractivity contribution in [3.63, 3.8) is 0 Å². The van der Waals surface area contributed by atoms with E-state index >= 15 is 0 Å². The van der Waals surface area contributed by atoms with E-state index in [-0.39, 0.29) is 11.5 Å². The monoisotopic (exact) mass is 212 g/mol. The average Bonchev–Trinajstić information content (AvgIpc) is 3.03. The first-order valence-electron chi connectivity index (χ1n) is 4.77. The summed E-state index contributed by atoms with van der Waals surface area (Å²) < 4.78 is 26.0. The number of aliphatic hydroxyl groups is 1. The van der Waals surface area contributed by atoms with Crippen LogP contribution >= 0.6 is 0 Å². The standard InChI is InChI=1S/C11H10F2O2/c12-8-3-1-2-7(9(8)13)11(15)10(14)6-4-5-6/h1-3,6,10,14H,4-5H2. The van der Waals surface area contributed by atoms with Crippen LogP contribution in [0.4, 0.5) is 8.78 Å². The number of aliphatic hydroxyl groups excluding tert-OH is 1. The maximum atomic E-state index is 13.2. The van der Waals surface area contributed by atoms with Gasteiger partial charge in [-0.3, -0.25) is 4.79 Å². The molecule has 1 N–H and O–H groups in total. The molecular formula is C11H10F2O2. The van der Waals surface area contributed by atoms with E-state index in [2.05, 4.69) is 0 Å². The molecule has 1 aliphatic rings. The molecule has 1 atom stereocenters. The van der Waals surface area contributed by atoms with Gasteiger partial charge in [0.05, 0.1) is 5.56 Å². The van der Waals surface area contributed by atoms with Gasteiger partial charge in [-0.25, -0.2) is 8.78 Å². The zero-order chi connectivity index (χ0) is 11.0. The van der Waals surface area contributed by atoms with Crippen LogP contribution in [-0.2, 0) is 0 Å². The lowest BCUT2D eigenvalue weighted by Crippen LogP contribution is -2.23. The fourth-order valence-electron chi connectivity index (χ4n) is 1.48. The Morgan fingerprint density at radius 2 is 2.07 bits per heavy atom. The molecule has 0 amide bonds. The summed E-state index contributed by atoms with van der Waals surface area (Å²) in [6, 6.07) is 3.38. The Morgan fingerprint density at radius 1 is 1.40 bits per heavy atom. The van der Waals surface area contributed by atoms with Crippen molar-refractivity contribution in [3.8, 4) is 0 Å². The predicted molar refractivity (Wildman–Crippen MR) is 49.4 cm³/mol. The van der Waals surface area contributed by atoms with E-state index in [9.17, 15) is 18.7 Å². The third-order valence-electron chi connectivity index (χ3n) is 2.55. The summed E-state index contributed by atoms with van der Waals surface area (Å²) in [5.41, 5.74) is -0.366. The normalized spacial score (nSPS) is 17.5. The van der Waals surface area contributed by atoms with Gasteiger partial charge in [-0.2, -0.15) is 0 Å². The lowest BCUT2D eigenvalue weighted by molar-refractivity contribution is 0.0698. The van der Waals surface area contributed by atoms with Crippen LogP contribution in [0.3, 0.4) is 0 Å². The molecule has 1 fully saturated rings. The molecule has 1 aliphatic carbocycles. The van der Waals surface area contributed by atoms with E-state index in [0.717, 1.165) is 18.9 Å². The average molecular weight is 212 g/mol. The second-order valence-electron chi connectivity index (χ2n) is 3.75. The number of ketones is 1. The highest BCUT2D eigenvalue weighted by atomic mass is 19.2. The first kappa shape index (κ1) is 10.2. The van der Waals surface area contributed by atoms with Gasteiger partial charge in [-0.05, 0) is 30.9 Å². The minimum absolute atomic E-state index is 0.0832. The van der Waals surface area contributed by atoms with Crippen LogP contribution in [0.25, 0.3) is 0 Å². The van der Waals surface area contributed by atoms with Gasteiger partial charge in [-0.15, -0.1) is 0 Å². The van der Waals surface area contributed by atoms with Gasteiger partial charge in [0.25, 0.3) is 0 Å². The van der Waals surface area contributed by atoms with Crippen molar-refractivity contribution in [2.75, 3.05) is 0 Å². The molecule has 4 heteroatoms. The molecule has 0 bridgehead atoms. The molecule has 1 aromatic rings.